The monoisotopic (exact) mass is 269 g/mol. The van der Waals surface area contributed by atoms with Gasteiger partial charge in [-0.05, 0) is 30.7 Å². The Kier molecular flexibility index (Phi) is 5.93. The first-order valence-electron chi connectivity index (χ1n) is 3.38. The van der Waals surface area contributed by atoms with Gasteiger partial charge in [0.1, 0.15) is 0 Å². The molecule has 0 aliphatic carbocycles. The second-order valence-electron chi connectivity index (χ2n) is 2.24. The van der Waals surface area contributed by atoms with Gasteiger partial charge in [-0.2, -0.15) is 0 Å². The largest absolute Gasteiger partial charge is 0.330 e. The molecule has 0 saturated carbocycles. The van der Waals surface area contributed by atoms with Crippen LogP contribution in [0.5, 0.6) is 0 Å². The summed E-state index contributed by atoms with van der Waals surface area (Å²) in [5.74, 6) is 0. The highest BCUT2D eigenvalue weighted by Crippen LogP contribution is 2.24. The zero-order chi connectivity index (χ0) is 8.27. The van der Waals surface area contributed by atoms with Crippen LogP contribution in [-0.2, 0) is 6.42 Å². The number of halogens is 3. The standard InChI is InChI=1S/C8H9BrClN.ClH/c9-7-2-1-3-8(10)6(7)4-5-11;/h1-3H,4-5,11H2;1H. The molecular weight excluding hydrogens is 261 g/mol. The minimum atomic E-state index is 0. The Morgan fingerprint density at radius 3 is 2.58 bits per heavy atom. The summed E-state index contributed by atoms with van der Waals surface area (Å²) in [4.78, 5) is 0. The van der Waals surface area contributed by atoms with Crippen molar-refractivity contribution in [3.8, 4) is 0 Å². The first kappa shape index (κ1) is 12.2. The van der Waals surface area contributed by atoms with Crippen LogP contribution < -0.4 is 5.73 Å². The van der Waals surface area contributed by atoms with Crippen LogP contribution in [0, 0.1) is 0 Å². The van der Waals surface area contributed by atoms with E-state index in [1.165, 1.54) is 0 Å². The molecule has 12 heavy (non-hydrogen) atoms. The third kappa shape index (κ3) is 2.94. The maximum absolute atomic E-state index is 5.92. The van der Waals surface area contributed by atoms with Gasteiger partial charge in [-0.15, -0.1) is 12.4 Å². The van der Waals surface area contributed by atoms with Crippen LogP contribution in [0.25, 0.3) is 0 Å². The molecule has 1 rings (SSSR count). The molecule has 0 fully saturated rings. The molecule has 1 aromatic carbocycles. The zero-order valence-electron chi connectivity index (χ0n) is 6.39. The number of nitrogens with two attached hydrogens (primary N) is 1. The summed E-state index contributed by atoms with van der Waals surface area (Å²) >= 11 is 9.33. The SMILES string of the molecule is Cl.NCCc1c(Cl)cccc1Br. The minimum absolute atomic E-state index is 0. The van der Waals surface area contributed by atoms with E-state index in [1.807, 2.05) is 18.2 Å². The van der Waals surface area contributed by atoms with E-state index in [4.69, 9.17) is 17.3 Å². The van der Waals surface area contributed by atoms with Crippen LogP contribution in [0.1, 0.15) is 5.56 Å². The van der Waals surface area contributed by atoms with Crippen molar-refractivity contribution in [2.45, 2.75) is 6.42 Å². The van der Waals surface area contributed by atoms with E-state index in [2.05, 4.69) is 15.9 Å². The fourth-order valence-corrected chi connectivity index (χ4v) is 1.86. The zero-order valence-corrected chi connectivity index (χ0v) is 9.55. The van der Waals surface area contributed by atoms with Gasteiger partial charge >= 0.3 is 0 Å². The molecular formula is C8H10BrCl2N. The molecule has 0 bridgehead atoms. The van der Waals surface area contributed by atoms with Crippen molar-refractivity contribution in [3.05, 3.63) is 33.3 Å². The molecule has 68 valence electrons. The lowest BCUT2D eigenvalue weighted by atomic mass is 10.1. The number of rotatable bonds is 2. The number of hydrogen-bond acceptors (Lipinski definition) is 1. The van der Waals surface area contributed by atoms with Crippen LogP contribution in [0.3, 0.4) is 0 Å². The smallest absolute Gasteiger partial charge is 0.0449 e. The van der Waals surface area contributed by atoms with Gasteiger partial charge in [-0.3, -0.25) is 0 Å². The molecule has 0 saturated heterocycles. The third-order valence-corrected chi connectivity index (χ3v) is 2.55. The van der Waals surface area contributed by atoms with Gasteiger partial charge < -0.3 is 5.73 Å². The van der Waals surface area contributed by atoms with Crippen LogP contribution in [0.15, 0.2) is 22.7 Å². The van der Waals surface area contributed by atoms with Crippen LogP contribution in [-0.4, -0.2) is 6.54 Å². The van der Waals surface area contributed by atoms with Gasteiger partial charge in [0.05, 0.1) is 0 Å². The Morgan fingerprint density at radius 1 is 1.42 bits per heavy atom. The molecule has 0 heterocycles. The molecule has 4 heteroatoms. The molecule has 0 unspecified atom stereocenters. The van der Waals surface area contributed by atoms with Gasteiger partial charge in [0.25, 0.3) is 0 Å². The summed E-state index contributed by atoms with van der Waals surface area (Å²) in [6.45, 7) is 0.627. The van der Waals surface area contributed by atoms with Gasteiger partial charge in [-0.1, -0.05) is 33.6 Å². The summed E-state index contributed by atoms with van der Waals surface area (Å²) in [5.41, 5.74) is 6.51. The van der Waals surface area contributed by atoms with Crippen LogP contribution in [0.2, 0.25) is 5.02 Å². The molecule has 1 aromatic rings. The topological polar surface area (TPSA) is 26.0 Å². The Morgan fingerprint density at radius 2 is 2.08 bits per heavy atom. The quantitative estimate of drug-likeness (QED) is 0.879. The Hall–Kier alpha value is 0.240. The molecule has 0 aliphatic heterocycles. The predicted molar refractivity (Wildman–Crippen MR) is 59.2 cm³/mol. The van der Waals surface area contributed by atoms with Gasteiger partial charge in [0, 0.05) is 9.50 Å². The first-order chi connectivity index (χ1) is 5.25. The fraction of sp³-hybridized carbons (Fsp3) is 0.250. The van der Waals surface area contributed by atoms with Gasteiger partial charge in [0.15, 0.2) is 0 Å². The Bertz CT molecular complexity index is 233. The summed E-state index contributed by atoms with van der Waals surface area (Å²) in [5, 5.41) is 0.782. The van der Waals surface area contributed by atoms with E-state index >= 15 is 0 Å². The van der Waals surface area contributed by atoms with Crippen molar-refractivity contribution in [2.75, 3.05) is 6.54 Å². The van der Waals surface area contributed by atoms with Crippen molar-refractivity contribution in [2.24, 2.45) is 5.73 Å². The fourth-order valence-electron chi connectivity index (χ4n) is 0.916. The summed E-state index contributed by atoms with van der Waals surface area (Å²) in [7, 11) is 0. The molecule has 1 nitrogen and oxygen atoms in total. The van der Waals surface area contributed by atoms with Crippen molar-refractivity contribution >= 4 is 39.9 Å². The average Bonchev–Trinajstić information content (AvgIpc) is 1.97. The summed E-state index contributed by atoms with van der Waals surface area (Å²) in [6, 6.07) is 5.75. The summed E-state index contributed by atoms with van der Waals surface area (Å²) < 4.78 is 1.04. The minimum Gasteiger partial charge on any atom is -0.330 e. The molecule has 0 radical (unpaired) electrons. The Labute approximate surface area is 91.8 Å². The van der Waals surface area contributed by atoms with Crippen LogP contribution >= 0.6 is 39.9 Å². The van der Waals surface area contributed by atoms with E-state index in [0.29, 0.717) is 6.54 Å². The summed E-state index contributed by atoms with van der Waals surface area (Å²) in [6.07, 6.45) is 0.820. The lowest BCUT2D eigenvalue weighted by Gasteiger charge is -2.03. The van der Waals surface area contributed by atoms with Gasteiger partial charge in [-0.25, -0.2) is 0 Å². The number of hydrogen-bond donors (Lipinski definition) is 1. The van der Waals surface area contributed by atoms with E-state index in [1.54, 1.807) is 0 Å². The predicted octanol–water partition coefficient (Wildman–Crippen LogP) is 3.03. The normalized spacial score (nSPS) is 9.25. The van der Waals surface area contributed by atoms with Crippen molar-refractivity contribution < 1.29 is 0 Å². The lowest BCUT2D eigenvalue weighted by molar-refractivity contribution is 0.963. The highest BCUT2D eigenvalue weighted by molar-refractivity contribution is 9.10. The third-order valence-electron chi connectivity index (χ3n) is 1.46. The average molecular weight is 271 g/mol. The highest BCUT2D eigenvalue weighted by atomic mass is 79.9. The van der Waals surface area contributed by atoms with Crippen molar-refractivity contribution in [1.82, 2.24) is 0 Å². The molecule has 0 aliphatic rings. The molecule has 0 aromatic heterocycles. The van der Waals surface area contributed by atoms with E-state index < -0.39 is 0 Å². The lowest BCUT2D eigenvalue weighted by Crippen LogP contribution is -2.03. The van der Waals surface area contributed by atoms with Crippen LogP contribution in [0.4, 0.5) is 0 Å². The molecule has 2 N–H and O–H groups in total. The van der Waals surface area contributed by atoms with E-state index in [-0.39, 0.29) is 12.4 Å². The number of benzene rings is 1. The molecule has 0 atom stereocenters. The van der Waals surface area contributed by atoms with E-state index in [0.717, 1.165) is 21.5 Å². The second kappa shape index (κ2) is 5.81. The Balaban J connectivity index is 0.00000121. The van der Waals surface area contributed by atoms with Crippen molar-refractivity contribution in [3.63, 3.8) is 0 Å². The first-order valence-corrected chi connectivity index (χ1v) is 4.55. The second-order valence-corrected chi connectivity index (χ2v) is 3.50. The van der Waals surface area contributed by atoms with Gasteiger partial charge in [0.2, 0.25) is 0 Å². The van der Waals surface area contributed by atoms with E-state index in [9.17, 15) is 0 Å². The maximum atomic E-state index is 5.92. The molecule has 0 amide bonds. The molecule has 0 spiro atoms. The van der Waals surface area contributed by atoms with Crippen molar-refractivity contribution in [1.29, 1.82) is 0 Å². The highest BCUT2D eigenvalue weighted by Gasteiger charge is 2.02. The maximum Gasteiger partial charge on any atom is 0.0449 e.